The summed E-state index contributed by atoms with van der Waals surface area (Å²) in [5, 5.41) is 6.83. The highest BCUT2D eigenvalue weighted by Crippen LogP contribution is 2.34. The molecule has 0 radical (unpaired) electrons. The molecule has 0 saturated carbocycles. The molecule has 4 rings (SSSR count). The number of furan rings is 1. The van der Waals surface area contributed by atoms with Gasteiger partial charge in [-0.1, -0.05) is 47.5 Å². The maximum absolute atomic E-state index is 12.6. The molecule has 2 aromatic carbocycles. The summed E-state index contributed by atoms with van der Waals surface area (Å²) in [5.41, 5.74) is 1.93. The molecule has 30 heavy (non-hydrogen) atoms. The Morgan fingerprint density at radius 3 is 2.73 bits per heavy atom. The normalized spacial score (nSPS) is 10.9. The predicted octanol–water partition coefficient (Wildman–Crippen LogP) is 6.46. The maximum Gasteiger partial charge on any atom is 0.291 e. The number of carbonyl (C=O) groups excluding carboxylic acids is 2. The lowest BCUT2D eigenvalue weighted by Crippen LogP contribution is -2.10. The van der Waals surface area contributed by atoms with Gasteiger partial charge in [-0.05, 0) is 42.5 Å². The lowest BCUT2D eigenvalue weighted by molar-refractivity contribution is -0.115. The second kappa shape index (κ2) is 8.47. The van der Waals surface area contributed by atoms with Crippen LogP contribution >= 0.6 is 34.5 Å². The van der Waals surface area contributed by atoms with Crippen molar-refractivity contribution in [2.24, 2.45) is 0 Å². The number of hydrogen-bond acceptors (Lipinski definition) is 5. The Bertz CT molecular complexity index is 1270. The Kier molecular flexibility index (Phi) is 5.76. The Hall–Kier alpha value is -2.87. The van der Waals surface area contributed by atoms with Gasteiger partial charge in [0.15, 0.2) is 10.9 Å². The first-order valence-corrected chi connectivity index (χ1v) is 10.6. The van der Waals surface area contributed by atoms with E-state index in [1.165, 1.54) is 11.3 Å². The molecule has 6 nitrogen and oxygen atoms in total. The van der Waals surface area contributed by atoms with Crippen molar-refractivity contribution in [3.63, 3.8) is 0 Å². The summed E-state index contributed by atoms with van der Waals surface area (Å²) < 4.78 is 6.51. The Morgan fingerprint density at radius 2 is 1.93 bits per heavy atom. The molecule has 0 fully saturated rings. The molecule has 2 heterocycles. The molecule has 2 N–H and O–H groups in total. The minimum atomic E-state index is -0.400. The van der Waals surface area contributed by atoms with Crippen molar-refractivity contribution in [2.45, 2.75) is 13.3 Å². The van der Waals surface area contributed by atoms with Crippen LogP contribution in [0.25, 0.3) is 21.5 Å². The summed E-state index contributed by atoms with van der Waals surface area (Å²) in [6.45, 7) is 1.77. The van der Waals surface area contributed by atoms with Gasteiger partial charge < -0.3 is 15.1 Å². The van der Waals surface area contributed by atoms with Gasteiger partial charge in [-0.2, -0.15) is 0 Å². The number of thiazole rings is 1. The molecule has 2 aromatic heterocycles. The fourth-order valence-electron chi connectivity index (χ4n) is 2.75. The van der Waals surface area contributed by atoms with Gasteiger partial charge in [0.1, 0.15) is 5.76 Å². The molecule has 0 aliphatic rings. The highest BCUT2D eigenvalue weighted by Gasteiger charge is 2.16. The molecule has 4 aromatic rings. The first-order valence-electron chi connectivity index (χ1n) is 9.00. The van der Waals surface area contributed by atoms with Crippen LogP contribution in [0.3, 0.4) is 0 Å². The number of benzene rings is 2. The molecule has 0 unspecified atom stereocenters. The van der Waals surface area contributed by atoms with Crippen LogP contribution in [-0.4, -0.2) is 16.8 Å². The number of fused-ring (bicyclic) bond motifs is 1. The summed E-state index contributed by atoms with van der Waals surface area (Å²) in [6, 6.07) is 13.8. The monoisotopic (exact) mass is 459 g/mol. The van der Waals surface area contributed by atoms with Gasteiger partial charge in [0, 0.05) is 17.7 Å². The fraction of sp³-hybridized carbons (Fsp3) is 0.0952. The Morgan fingerprint density at radius 1 is 1.10 bits per heavy atom. The quantitative estimate of drug-likeness (QED) is 0.358. The van der Waals surface area contributed by atoms with Gasteiger partial charge >= 0.3 is 0 Å². The largest absolute Gasteiger partial charge is 0.451 e. The zero-order chi connectivity index (χ0) is 21.3. The molecule has 9 heteroatoms. The third kappa shape index (κ3) is 4.18. The highest BCUT2D eigenvalue weighted by atomic mass is 35.5. The van der Waals surface area contributed by atoms with E-state index in [1.54, 1.807) is 55.5 Å². The summed E-state index contributed by atoms with van der Waals surface area (Å²) in [7, 11) is 0. The van der Waals surface area contributed by atoms with Crippen LogP contribution in [0.5, 0.6) is 0 Å². The molecule has 0 bridgehead atoms. The smallest absolute Gasteiger partial charge is 0.291 e. The number of carbonyl (C=O) groups is 2. The first kappa shape index (κ1) is 20.4. The Labute approximate surface area is 185 Å². The average Bonchev–Trinajstić information content (AvgIpc) is 3.36. The number of anilines is 2. The van der Waals surface area contributed by atoms with Crippen LogP contribution in [0.1, 0.15) is 23.9 Å². The van der Waals surface area contributed by atoms with Crippen LogP contribution in [0.15, 0.2) is 52.9 Å². The minimum Gasteiger partial charge on any atom is -0.451 e. The number of amides is 2. The minimum absolute atomic E-state index is 0.101. The van der Waals surface area contributed by atoms with Gasteiger partial charge in [-0.25, -0.2) is 4.98 Å². The summed E-state index contributed by atoms with van der Waals surface area (Å²) in [4.78, 5) is 28.5. The summed E-state index contributed by atoms with van der Waals surface area (Å²) >= 11 is 13.6. The van der Waals surface area contributed by atoms with Crippen molar-refractivity contribution in [1.29, 1.82) is 0 Å². The van der Waals surface area contributed by atoms with E-state index in [0.717, 1.165) is 10.2 Å². The van der Waals surface area contributed by atoms with Crippen LogP contribution in [0.2, 0.25) is 10.0 Å². The molecule has 152 valence electrons. The third-order valence-corrected chi connectivity index (χ3v) is 6.01. The van der Waals surface area contributed by atoms with Crippen molar-refractivity contribution in [3.05, 3.63) is 64.3 Å². The first-order chi connectivity index (χ1) is 14.4. The van der Waals surface area contributed by atoms with Gasteiger partial charge in [0.2, 0.25) is 5.91 Å². The van der Waals surface area contributed by atoms with Gasteiger partial charge in [0.05, 0.1) is 20.3 Å². The molecular formula is C21H15Cl2N3O3S. The van der Waals surface area contributed by atoms with Crippen LogP contribution in [0, 0.1) is 0 Å². The van der Waals surface area contributed by atoms with Crippen molar-refractivity contribution in [1.82, 2.24) is 4.98 Å². The van der Waals surface area contributed by atoms with Gasteiger partial charge in [-0.15, -0.1) is 0 Å². The Balaban J connectivity index is 1.52. The number of rotatable bonds is 5. The van der Waals surface area contributed by atoms with Crippen molar-refractivity contribution >= 4 is 67.4 Å². The van der Waals surface area contributed by atoms with Crippen LogP contribution < -0.4 is 10.6 Å². The molecule has 0 spiro atoms. The van der Waals surface area contributed by atoms with Crippen molar-refractivity contribution in [3.8, 4) is 11.3 Å². The second-order valence-electron chi connectivity index (χ2n) is 6.32. The van der Waals surface area contributed by atoms with E-state index in [2.05, 4.69) is 15.6 Å². The molecule has 0 saturated heterocycles. The standard InChI is InChI=1S/C21H15Cl2N3O3S/c1-2-18(27)26-21-25-14-7-6-11(10-17(14)30-21)24-20(28)16-9-8-15(29-16)12-4-3-5-13(22)19(12)23/h3-10H,2H2,1H3,(H,24,28)(H,25,26,27). The SMILES string of the molecule is CCC(=O)Nc1nc2ccc(NC(=O)c3ccc(-c4cccc(Cl)c4Cl)o3)cc2s1. The lowest BCUT2D eigenvalue weighted by atomic mass is 10.2. The van der Waals surface area contributed by atoms with E-state index in [4.69, 9.17) is 27.6 Å². The van der Waals surface area contributed by atoms with E-state index in [1.807, 2.05) is 0 Å². The van der Waals surface area contributed by atoms with E-state index < -0.39 is 5.91 Å². The summed E-state index contributed by atoms with van der Waals surface area (Å²) in [6.07, 6.45) is 0.378. The highest BCUT2D eigenvalue weighted by molar-refractivity contribution is 7.22. The topological polar surface area (TPSA) is 84.2 Å². The molecule has 0 aliphatic heterocycles. The number of nitrogens with zero attached hydrogens (tertiary/aromatic N) is 1. The number of nitrogens with one attached hydrogen (secondary N) is 2. The molecule has 0 aliphatic carbocycles. The van der Waals surface area contributed by atoms with E-state index in [9.17, 15) is 9.59 Å². The van der Waals surface area contributed by atoms with Gasteiger partial charge in [-0.3, -0.25) is 9.59 Å². The predicted molar refractivity (Wildman–Crippen MR) is 121 cm³/mol. The fourth-order valence-corrected chi connectivity index (χ4v) is 4.07. The lowest BCUT2D eigenvalue weighted by Gasteiger charge is -2.04. The third-order valence-electron chi connectivity index (χ3n) is 4.26. The maximum atomic E-state index is 12.6. The average molecular weight is 460 g/mol. The molecular weight excluding hydrogens is 445 g/mol. The van der Waals surface area contributed by atoms with Crippen LogP contribution in [0.4, 0.5) is 10.8 Å². The van der Waals surface area contributed by atoms with E-state index in [-0.39, 0.29) is 11.7 Å². The molecule has 0 atom stereocenters. The summed E-state index contributed by atoms with van der Waals surface area (Å²) in [5.74, 6) is 0.0852. The number of halogens is 2. The second-order valence-corrected chi connectivity index (χ2v) is 8.14. The zero-order valence-electron chi connectivity index (χ0n) is 15.7. The zero-order valence-corrected chi connectivity index (χ0v) is 18.0. The van der Waals surface area contributed by atoms with E-state index >= 15 is 0 Å². The van der Waals surface area contributed by atoms with Crippen LogP contribution in [-0.2, 0) is 4.79 Å². The van der Waals surface area contributed by atoms with E-state index in [0.29, 0.717) is 38.6 Å². The van der Waals surface area contributed by atoms with Gasteiger partial charge in [0.25, 0.3) is 5.91 Å². The number of aromatic nitrogens is 1. The number of hydrogen-bond donors (Lipinski definition) is 2. The van der Waals surface area contributed by atoms with Crippen molar-refractivity contribution < 1.29 is 14.0 Å². The molecule has 2 amide bonds. The van der Waals surface area contributed by atoms with Crippen molar-refractivity contribution in [2.75, 3.05) is 10.6 Å².